The maximum atomic E-state index is 12.7. The van der Waals surface area contributed by atoms with Crippen molar-refractivity contribution in [1.29, 1.82) is 0 Å². The molecule has 0 aliphatic rings. The molecule has 108 valence electrons. The number of carbonyl (C=O) groups is 1. The number of rotatable bonds is 4. The number of halogens is 4. The predicted molar refractivity (Wildman–Crippen MR) is 66.0 cm³/mol. The number of carbonyl (C=O) groups excluding carboxylic acids is 1. The van der Waals surface area contributed by atoms with E-state index < -0.39 is 24.8 Å². The molecular formula is C12H11F4N3O. The summed E-state index contributed by atoms with van der Waals surface area (Å²) in [5, 5.41) is 2.26. The number of alkyl halides is 4. The third kappa shape index (κ3) is 2.68. The van der Waals surface area contributed by atoms with Crippen LogP contribution in [-0.4, -0.2) is 29.8 Å². The highest BCUT2D eigenvalue weighted by Crippen LogP contribution is 2.23. The molecule has 4 N–H and O–H groups in total. The van der Waals surface area contributed by atoms with Crippen LogP contribution in [0.3, 0.4) is 0 Å². The molecule has 0 aliphatic carbocycles. The summed E-state index contributed by atoms with van der Waals surface area (Å²) in [4.78, 5) is 14.5. The van der Waals surface area contributed by atoms with Gasteiger partial charge in [-0.15, -0.1) is 0 Å². The summed E-state index contributed by atoms with van der Waals surface area (Å²) < 4.78 is 49.4. The summed E-state index contributed by atoms with van der Waals surface area (Å²) in [6.07, 6.45) is -2.52. The Labute approximate surface area is 110 Å². The van der Waals surface area contributed by atoms with Crippen LogP contribution in [0, 0.1) is 0 Å². The maximum Gasteiger partial charge on any atom is 0.324 e. The Morgan fingerprint density at radius 3 is 2.75 bits per heavy atom. The second kappa shape index (κ2) is 5.03. The molecule has 0 spiro atoms. The molecule has 1 aromatic carbocycles. The highest BCUT2D eigenvalue weighted by Gasteiger charge is 2.40. The number of aromatic amines is 1. The van der Waals surface area contributed by atoms with E-state index in [-0.39, 0.29) is 5.56 Å². The molecule has 2 rings (SSSR count). The number of hydrogen-bond donors (Lipinski definition) is 3. The topological polar surface area (TPSA) is 70.9 Å². The molecule has 1 amide bonds. The molecule has 1 aromatic heterocycles. The second-order valence-electron chi connectivity index (χ2n) is 4.25. The lowest BCUT2D eigenvalue weighted by Gasteiger charge is -2.15. The fourth-order valence-electron chi connectivity index (χ4n) is 1.70. The van der Waals surface area contributed by atoms with Gasteiger partial charge in [0, 0.05) is 22.8 Å². The van der Waals surface area contributed by atoms with Crippen LogP contribution < -0.4 is 11.1 Å². The van der Waals surface area contributed by atoms with Crippen LogP contribution in [0.25, 0.3) is 10.9 Å². The van der Waals surface area contributed by atoms with Crippen molar-refractivity contribution >= 4 is 22.5 Å². The van der Waals surface area contributed by atoms with E-state index in [9.17, 15) is 22.4 Å². The first-order chi connectivity index (χ1) is 9.31. The van der Waals surface area contributed by atoms with Crippen LogP contribution in [0.15, 0.2) is 24.4 Å². The summed E-state index contributed by atoms with van der Waals surface area (Å²) in [6.45, 7) is -1.43. The van der Waals surface area contributed by atoms with Gasteiger partial charge < -0.3 is 16.0 Å². The molecule has 4 nitrogen and oxygen atoms in total. The summed E-state index contributed by atoms with van der Waals surface area (Å²) in [6, 6.07) is 4.65. The molecule has 0 aliphatic heterocycles. The molecule has 2 aromatic rings. The Morgan fingerprint density at radius 1 is 1.40 bits per heavy atom. The lowest BCUT2D eigenvalue weighted by atomic mass is 10.1. The molecule has 0 saturated heterocycles. The first-order valence-corrected chi connectivity index (χ1v) is 5.62. The zero-order valence-electron chi connectivity index (χ0n) is 10.1. The van der Waals surface area contributed by atoms with Crippen molar-refractivity contribution in [1.82, 2.24) is 10.3 Å². The third-order valence-corrected chi connectivity index (χ3v) is 2.75. The number of aromatic nitrogens is 1. The van der Waals surface area contributed by atoms with Crippen LogP contribution in [0.2, 0.25) is 0 Å². The van der Waals surface area contributed by atoms with Crippen LogP contribution in [0.4, 0.5) is 23.2 Å². The van der Waals surface area contributed by atoms with Crippen molar-refractivity contribution < 1.29 is 22.4 Å². The molecular weight excluding hydrogens is 278 g/mol. The minimum atomic E-state index is -4.26. The standard InChI is InChI=1S/C12H11F4N3O/c13-11(14)12(15,16)5-19-10(20)8-4-18-9-3-6(17)1-2-7(8)9/h1-4,11,18H,5,17H2,(H,19,20). The van der Waals surface area contributed by atoms with Crippen molar-refractivity contribution in [3.8, 4) is 0 Å². The van der Waals surface area contributed by atoms with E-state index in [1.807, 2.05) is 0 Å². The molecule has 0 atom stereocenters. The first kappa shape index (κ1) is 14.2. The van der Waals surface area contributed by atoms with Crippen molar-refractivity contribution in [2.24, 2.45) is 0 Å². The molecule has 1 heterocycles. The van der Waals surface area contributed by atoms with Gasteiger partial charge in [0.05, 0.1) is 12.1 Å². The average Bonchev–Trinajstić information content (AvgIpc) is 2.78. The first-order valence-electron chi connectivity index (χ1n) is 5.62. The predicted octanol–water partition coefficient (Wildman–Crippen LogP) is 2.38. The van der Waals surface area contributed by atoms with Crippen LogP contribution >= 0.6 is 0 Å². The largest absolute Gasteiger partial charge is 0.399 e. The molecule has 0 fully saturated rings. The van der Waals surface area contributed by atoms with Gasteiger partial charge in [-0.2, -0.15) is 8.78 Å². The van der Waals surface area contributed by atoms with E-state index in [1.165, 1.54) is 6.20 Å². The van der Waals surface area contributed by atoms with Crippen molar-refractivity contribution in [3.05, 3.63) is 30.0 Å². The lowest BCUT2D eigenvalue weighted by Crippen LogP contribution is -2.41. The van der Waals surface area contributed by atoms with Gasteiger partial charge >= 0.3 is 12.3 Å². The van der Waals surface area contributed by atoms with E-state index in [0.29, 0.717) is 16.6 Å². The van der Waals surface area contributed by atoms with E-state index in [4.69, 9.17) is 5.73 Å². The molecule has 20 heavy (non-hydrogen) atoms. The van der Waals surface area contributed by atoms with Gasteiger partial charge in [-0.05, 0) is 18.2 Å². The molecule has 8 heteroatoms. The number of nitrogens with two attached hydrogens (primary N) is 1. The quantitative estimate of drug-likeness (QED) is 0.597. The van der Waals surface area contributed by atoms with Gasteiger partial charge in [0.15, 0.2) is 0 Å². The van der Waals surface area contributed by atoms with Crippen molar-refractivity contribution in [2.75, 3.05) is 12.3 Å². The second-order valence-corrected chi connectivity index (χ2v) is 4.25. The number of nitrogen functional groups attached to an aromatic ring is 1. The van der Waals surface area contributed by atoms with Gasteiger partial charge in [-0.3, -0.25) is 4.79 Å². The lowest BCUT2D eigenvalue weighted by molar-refractivity contribution is -0.123. The van der Waals surface area contributed by atoms with Gasteiger partial charge in [0.25, 0.3) is 5.91 Å². The smallest absolute Gasteiger partial charge is 0.324 e. The zero-order valence-corrected chi connectivity index (χ0v) is 10.1. The molecule has 0 bridgehead atoms. The van der Waals surface area contributed by atoms with Gasteiger partial charge in [-0.1, -0.05) is 0 Å². The number of nitrogens with one attached hydrogen (secondary N) is 2. The van der Waals surface area contributed by atoms with Crippen molar-refractivity contribution in [3.63, 3.8) is 0 Å². The maximum absolute atomic E-state index is 12.7. The minimum Gasteiger partial charge on any atom is -0.399 e. The Hall–Kier alpha value is -2.25. The summed E-state index contributed by atoms with van der Waals surface area (Å²) in [5.74, 6) is -5.12. The highest BCUT2D eigenvalue weighted by molar-refractivity contribution is 6.07. The molecule has 0 saturated carbocycles. The fraction of sp³-hybridized carbons (Fsp3) is 0.250. The summed E-state index contributed by atoms with van der Waals surface area (Å²) >= 11 is 0. The average molecular weight is 289 g/mol. The molecule has 0 radical (unpaired) electrons. The Morgan fingerprint density at radius 2 is 2.10 bits per heavy atom. The number of anilines is 1. The monoisotopic (exact) mass is 289 g/mol. The number of benzene rings is 1. The highest BCUT2D eigenvalue weighted by atomic mass is 19.3. The zero-order chi connectivity index (χ0) is 14.9. The van der Waals surface area contributed by atoms with Crippen LogP contribution in [0.1, 0.15) is 10.4 Å². The summed E-state index contributed by atoms with van der Waals surface area (Å²) in [5.41, 5.74) is 6.66. The van der Waals surface area contributed by atoms with Crippen molar-refractivity contribution in [2.45, 2.75) is 12.3 Å². The van der Waals surface area contributed by atoms with Gasteiger partial charge in [0.1, 0.15) is 0 Å². The number of hydrogen-bond acceptors (Lipinski definition) is 2. The van der Waals surface area contributed by atoms with E-state index in [1.54, 1.807) is 23.5 Å². The molecule has 0 unspecified atom stereocenters. The summed E-state index contributed by atoms with van der Waals surface area (Å²) in [7, 11) is 0. The normalized spacial score (nSPS) is 12.1. The Balaban J connectivity index is 2.16. The van der Waals surface area contributed by atoms with E-state index in [0.717, 1.165) is 0 Å². The van der Waals surface area contributed by atoms with Crippen LogP contribution in [-0.2, 0) is 0 Å². The van der Waals surface area contributed by atoms with E-state index >= 15 is 0 Å². The minimum absolute atomic E-state index is 0.0880. The Kier molecular flexibility index (Phi) is 3.56. The third-order valence-electron chi connectivity index (χ3n) is 2.75. The number of fused-ring (bicyclic) bond motifs is 1. The number of amides is 1. The SMILES string of the molecule is Nc1ccc2c(C(=O)NCC(F)(F)C(F)F)c[nH]c2c1. The van der Waals surface area contributed by atoms with E-state index in [2.05, 4.69) is 4.98 Å². The van der Waals surface area contributed by atoms with Crippen LogP contribution in [0.5, 0.6) is 0 Å². The Bertz CT molecular complexity index is 639. The van der Waals surface area contributed by atoms with Gasteiger partial charge in [0.2, 0.25) is 0 Å². The fourth-order valence-corrected chi connectivity index (χ4v) is 1.70. The number of H-pyrrole nitrogens is 1. The van der Waals surface area contributed by atoms with Gasteiger partial charge in [-0.25, -0.2) is 8.78 Å².